The number of pyridine rings is 1. The lowest BCUT2D eigenvalue weighted by Gasteiger charge is -2.09. The zero-order valence-corrected chi connectivity index (χ0v) is 13.1. The van der Waals surface area contributed by atoms with E-state index in [-0.39, 0.29) is 5.69 Å². The molecule has 0 aliphatic carbocycles. The zero-order chi connectivity index (χ0) is 15.2. The number of nitrogens with one attached hydrogen (secondary N) is 2. The van der Waals surface area contributed by atoms with Gasteiger partial charge in [-0.25, -0.2) is 4.98 Å². The van der Waals surface area contributed by atoms with Crippen molar-refractivity contribution < 1.29 is 4.92 Å². The standard InChI is InChI=1S/C14H15BrN4O2/c1-2-16-13-7-11(19(20)21)8-14(18-13)17-9-10-5-3-4-6-12(10)15/h3-8H,2,9H2,1H3,(H2,16,17,18). The maximum atomic E-state index is 11.0. The molecule has 21 heavy (non-hydrogen) atoms. The minimum absolute atomic E-state index is 0.00979. The number of halogens is 1. The van der Waals surface area contributed by atoms with E-state index in [0.29, 0.717) is 24.7 Å². The van der Waals surface area contributed by atoms with Crippen LogP contribution in [0.25, 0.3) is 0 Å². The summed E-state index contributed by atoms with van der Waals surface area (Å²) < 4.78 is 0.981. The number of nitrogens with zero attached hydrogens (tertiary/aromatic N) is 2. The molecule has 2 N–H and O–H groups in total. The highest BCUT2D eigenvalue weighted by molar-refractivity contribution is 9.10. The molecule has 7 heteroatoms. The van der Waals surface area contributed by atoms with Gasteiger partial charge in [-0.3, -0.25) is 10.1 Å². The number of nitro groups is 1. The van der Waals surface area contributed by atoms with Crippen LogP contribution in [0, 0.1) is 10.1 Å². The molecule has 0 radical (unpaired) electrons. The van der Waals surface area contributed by atoms with Gasteiger partial charge in [0.2, 0.25) is 0 Å². The number of rotatable bonds is 6. The van der Waals surface area contributed by atoms with Gasteiger partial charge in [-0.05, 0) is 18.6 Å². The third kappa shape index (κ3) is 4.16. The molecule has 2 aromatic rings. The van der Waals surface area contributed by atoms with Gasteiger partial charge in [-0.15, -0.1) is 0 Å². The topological polar surface area (TPSA) is 80.1 Å². The molecule has 0 spiro atoms. The van der Waals surface area contributed by atoms with Crippen molar-refractivity contribution in [3.05, 3.63) is 56.5 Å². The van der Waals surface area contributed by atoms with Gasteiger partial charge in [0.1, 0.15) is 11.6 Å². The van der Waals surface area contributed by atoms with E-state index in [9.17, 15) is 10.1 Å². The van der Waals surface area contributed by atoms with E-state index in [2.05, 4.69) is 31.5 Å². The van der Waals surface area contributed by atoms with E-state index in [0.717, 1.165) is 10.0 Å². The number of hydrogen-bond donors (Lipinski definition) is 2. The molecular formula is C14H15BrN4O2. The third-order valence-electron chi connectivity index (χ3n) is 2.80. The van der Waals surface area contributed by atoms with Crippen molar-refractivity contribution in [2.75, 3.05) is 17.2 Å². The Morgan fingerprint density at radius 3 is 2.52 bits per heavy atom. The molecule has 0 saturated heterocycles. The lowest BCUT2D eigenvalue weighted by molar-refractivity contribution is -0.384. The van der Waals surface area contributed by atoms with Crippen molar-refractivity contribution in [2.45, 2.75) is 13.5 Å². The molecule has 6 nitrogen and oxygen atoms in total. The average Bonchev–Trinajstić information content (AvgIpc) is 2.46. The Morgan fingerprint density at radius 2 is 1.90 bits per heavy atom. The highest BCUT2D eigenvalue weighted by Crippen LogP contribution is 2.22. The molecule has 1 heterocycles. The molecule has 1 aromatic heterocycles. The molecule has 2 rings (SSSR count). The van der Waals surface area contributed by atoms with Gasteiger partial charge in [0.15, 0.2) is 0 Å². The van der Waals surface area contributed by atoms with Gasteiger partial charge in [0.25, 0.3) is 5.69 Å². The molecule has 0 amide bonds. The molecule has 0 aliphatic rings. The van der Waals surface area contributed by atoms with Crippen molar-refractivity contribution in [1.29, 1.82) is 0 Å². The summed E-state index contributed by atoms with van der Waals surface area (Å²) in [5.74, 6) is 0.956. The SMILES string of the molecule is CCNc1cc([N+](=O)[O-])cc(NCc2ccccc2Br)n1. The first-order valence-corrected chi connectivity index (χ1v) is 7.27. The predicted octanol–water partition coefficient (Wildman–Crippen LogP) is 3.80. The number of aromatic nitrogens is 1. The minimum atomic E-state index is -0.424. The maximum Gasteiger partial charge on any atom is 0.276 e. The van der Waals surface area contributed by atoms with Crippen LogP contribution in [0.4, 0.5) is 17.3 Å². The summed E-state index contributed by atoms with van der Waals surface area (Å²) in [6.07, 6.45) is 0. The van der Waals surface area contributed by atoms with Crippen molar-refractivity contribution in [2.24, 2.45) is 0 Å². The van der Waals surface area contributed by atoms with Crippen LogP contribution < -0.4 is 10.6 Å². The minimum Gasteiger partial charge on any atom is -0.370 e. The largest absolute Gasteiger partial charge is 0.370 e. The fraction of sp³-hybridized carbons (Fsp3) is 0.214. The Morgan fingerprint density at radius 1 is 1.24 bits per heavy atom. The fourth-order valence-corrected chi connectivity index (χ4v) is 2.24. The number of anilines is 2. The van der Waals surface area contributed by atoms with Crippen LogP contribution in [0.15, 0.2) is 40.9 Å². The van der Waals surface area contributed by atoms with E-state index >= 15 is 0 Å². The van der Waals surface area contributed by atoms with Gasteiger partial charge >= 0.3 is 0 Å². The highest BCUT2D eigenvalue weighted by Gasteiger charge is 2.11. The molecule has 110 valence electrons. The Balaban J connectivity index is 2.19. The molecular weight excluding hydrogens is 336 g/mol. The average molecular weight is 351 g/mol. The normalized spacial score (nSPS) is 10.2. The van der Waals surface area contributed by atoms with E-state index in [1.54, 1.807) is 0 Å². The summed E-state index contributed by atoms with van der Waals surface area (Å²) in [5, 5.41) is 17.1. The second-order valence-corrected chi connectivity index (χ2v) is 5.18. The van der Waals surface area contributed by atoms with Crippen molar-refractivity contribution in [3.63, 3.8) is 0 Å². The Kier molecular flexibility index (Phi) is 5.10. The summed E-state index contributed by atoms with van der Waals surface area (Å²) in [7, 11) is 0. The lowest BCUT2D eigenvalue weighted by Crippen LogP contribution is -2.06. The van der Waals surface area contributed by atoms with E-state index in [1.807, 2.05) is 31.2 Å². The summed E-state index contributed by atoms with van der Waals surface area (Å²) in [5.41, 5.74) is 1.06. The van der Waals surface area contributed by atoms with Gasteiger partial charge in [-0.2, -0.15) is 0 Å². The van der Waals surface area contributed by atoms with Crippen molar-refractivity contribution >= 4 is 33.3 Å². The van der Waals surface area contributed by atoms with Crippen molar-refractivity contribution in [1.82, 2.24) is 4.98 Å². The smallest absolute Gasteiger partial charge is 0.276 e. The molecule has 0 bridgehead atoms. The van der Waals surface area contributed by atoms with Crippen LogP contribution >= 0.6 is 15.9 Å². The monoisotopic (exact) mass is 350 g/mol. The van der Waals surface area contributed by atoms with Gasteiger partial charge < -0.3 is 10.6 Å². The number of hydrogen-bond acceptors (Lipinski definition) is 5. The summed E-state index contributed by atoms with van der Waals surface area (Å²) in [4.78, 5) is 14.8. The van der Waals surface area contributed by atoms with E-state index in [4.69, 9.17) is 0 Å². The third-order valence-corrected chi connectivity index (χ3v) is 3.57. The van der Waals surface area contributed by atoms with Crippen LogP contribution in [0.5, 0.6) is 0 Å². The second-order valence-electron chi connectivity index (χ2n) is 4.33. The molecule has 0 aliphatic heterocycles. The molecule has 1 aromatic carbocycles. The lowest BCUT2D eigenvalue weighted by atomic mass is 10.2. The first-order valence-electron chi connectivity index (χ1n) is 6.47. The van der Waals surface area contributed by atoms with Gasteiger partial charge in [-0.1, -0.05) is 34.1 Å². The molecule has 0 fully saturated rings. The quantitative estimate of drug-likeness (QED) is 0.611. The van der Waals surface area contributed by atoms with Crippen molar-refractivity contribution in [3.8, 4) is 0 Å². The Bertz CT molecular complexity index is 649. The Labute approximate surface area is 130 Å². The van der Waals surface area contributed by atoms with Crippen LogP contribution in [0.1, 0.15) is 12.5 Å². The second kappa shape index (κ2) is 7.03. The fourth-order valence-electron chi connectivity index (χ4n) is 1.81. The van der Waals surface area contributed by atoms with Gasteiger partial charge in [0.05, 0.1) is 17.1 Å². The molecule has 0 atom stereocenters. The first-order chi connectivity index (χ1) is 10.1. The summed E-state index contributed by atoms with van der Waals surface area (Å²) in [6, 6.07) is 10.6. The van der Waals surface area contributed by atoms with Crippen LogP contribution in [0.2, 0.25) is 0 Å². The van der Waals surface area contributed by atoms with Crippen LogP contribution in [-0.4, -0.2) is 16.5 Å². The predicted molar refractivity (Wildman–Crippen MR) is 86.5 cm³/mol. The van der Waals surface area contributed by atoms with E-state index < -0.39 is 4.92 Å². The summed E-state index contributed by atoms with van der Waals surface area (Å²) in [6.45, 7) is 3.09. The van der Waals surface area contributed by atoms with E-state index in [1.165, 1.54) is 12.1 Å². The van der Waals surface area contributed by atoms with Crippen LogP contribution in [0.3, 0.4) is 0 Å². The summed E-state index contributed by atoms with van der Waals surface area (Å²) >= 11 is 3.47. The first kappa shape index (κ1) is 15.2. The van der Waals surface area contributed by atoms with Gasteiger partial charge in [0, 0.05) is 17.6 Å². The highest BCUT2D eigenvalue weighted by atomic mass is 79.9. The Hall–Kier alpha value is -2.15. The van der Waals surface area contributed by atoms with Crippen LogP contribution in [-0.2, 0) is 6.54 Å². The number of benzene rings is 1. The zero-order valence-electron chi connectivity index (χ0n) is 11.5. The molecule has 0 saturated carbocycles. The maximum absolute atomic E-state index is 11.0. The molecule has 0 unspecified atom stereocenters.